The van der Waals surface area contributed by atoms with Crippen LogP contribution in [0.3, 0.4) is 0 Å². The molecule has 0 N–H and O–H groups in total. The summed E-state index contributed by atoms with van der Waals surface area (Å²) in [6.07, 6.45) is 6.94. The van der Waals surface area contributed by atoms with Crippen molar-refractivity contribution in [3.8, 4) is 0 Å². The second-order valence-electron chi connectivity index (χ2n) is 5.74. The van der Waals surface area contributed by atoms with Crippen molar-refractivity contribution in [2.75, 3.05) is 6.26 Å². The Morgan fingerprint density at radius 3 is 2.42 bits per heavy atom. The van der Waals surface area contributed by atoms with E-state index in [4.69, 9.17) is 0 Å². The van der Waals surface area contributed by atoms with Gasteiger partial charge in [-0.1, -0.05) is 18.2 Å². The van der Waals surface area contributed by atoms with Crippen LogP contribution in [0.5, 0.6) is 0 Å². The lowest BCUT2D eigenvalue weighted by molar-refractivity contribution is 0.0601. The third-order valence-electron chi connectivity index (χ3n) is 4.63. The first-order valence-electron chi connectivity index (χ1n) is 7.11. The Morgan fingerprint density at radius 1 is 1.21 bits per heavy atom. The highest BCUT2D eigenvalue weighted by Gasteiger charge is 2.43. The second kappa shape index (κ2) is 5.20. The molecule has 2 aliphatic heterocycles. The van der Waals surface area contributed by atoms with Gasteiger partial charge in [-0.3, -0.25) is 4.79 Å². The molecule has 2 fully saturated rings. The van der Waals surface area contributed by atoms with Gasteiger partial charge in [-0.25, -0.2) is 0 Å². The number of benzene rings is 1. The highest BCUT2D eigenvalue weighted by molar-refractivity contribution is 7.99. The van der Waals surface area contributed by atoms with Gasteiger partial charge < -0.3 is 4.90 Å². The van der Waals surface area contributed by atoms with Crippen LogP contribution in [0.4, 0.5) is 0 Å². The molecule has 3 heteroatoms. The summed E-state index contributed by atoms with van der Waals surface area (Å²) in [5.41, 5.74) is 1.99. The number of carbonyl (C=O) groups is 1. The van der Waals surface area contributed by atoms with E-state index < -0.39 is 0 Å². The van der Waals surface area contributed by atoms with E-state index in [-0.39, 0.29) is 5.91 Å². The number of aryl methyl sites for hydroxylation is 1. The van der Waals surface area contributed by atoms with Crippen LogP contribution in [-0.2, 0) is 0 Å². The van der Waals surface area contributed by atoms with E-state index in [1.807, 2.05) is 43.0 Å². The first-order valence-corrected chi connectivity index (χ1v) is 8.40. The van der Waals surface area contributed by atoms with Crippen LogP contribution in [-0.4, -0.2) is 34.4 Å². The summed E-state index contributed by atoms with van der Waals surface area (Å²) >= 11 is 1.97. The Morgan fingerprint density at radius 2 is 1.84 bits per heavy atom. The molecule has 2 heterocycles. The van der Waals surface area contributed by atoms with Crippen molar-refractivity contribution >= 4 is 17.7 Å². The van der Waals surface area contributed by atoms with Crippen LogP contribution < -0.4 is 0 Å². The molecule has 0 aromatic heterocycles. The maximum absolute atomic E-state index is 12.8. The van der Waals surface area contributed by atoms with Crippen LogP contribution in [0, 0.1) is 6.92 Å². The van der Waals surface area contributed by atoms with Crippen molar-refractivity contribution in [1.29, 1.82) is 0 Å². The van der Waals surface area contributed by atoms with Crippen molar-refractivity contribution in [3.05, 3.63) is 35.4 Å². The lowest BCUT2D eigenvalue weighted by Gasteiger charge is -2.38. The van der Waals surface area contributed by atoms with Gasteiger partial charge in [-0.05, 0) is 50.5 Å². The van der Waals surface area contributed by atoms with Gasteiger partial charge in [-0.15, -0.1) is 0 Å². The van der Waals surface area contributed by atoms with Crippen LogP contribution in [0.2, 0.25) is 0 Å². The van der Waals surface area contributed by atoms with E-state index in [9.17, 15) is 4.79 Å². The molecule has 1 amide bonds. The summed E-state index contributed by atoms with van der Waals surface area (Å²) < 4.78 is 0. The molecule has 1 aromatic carbocycles. The molecule has 1 unspecified atom stereocenters. The summed E-state index contributed by atoms with van der Waals surface area (Å²) in [7, 11) is 0. The maximum atomic E-state index is 12.8. The normalized spacial score (nSPS) is 29.6. The van der Waals surface area contributed by atoms with Crippen molar-refractivity contribution in [3.63, 3.8) is 0 Å². The minimum Gasteiger partial charge on any atom is -0.333 e. The van der Waals surface area contributed by atoms with E-state index in [0.717, 1.165) is 16.4 Å². The predicted octanol–water partition coefficient (Wildman–Crippen LogP) is 3.49. The zero-order valence-corrected chi connectivity index (χ0v) is 12.5. The monoisotopic (exact) mass is 275 g/mol. The molecule has 2 saturated heterocycles. The lowest BCUT2D eigenvalue weighted by Crippen LogP contribution is -2.47. The van der Waals surface area contributed by atoms with Gasteiger partial charge in [0.1, 0.15) is 0 Å². The number of hydrogen-bond donors (Lipinski definition) is 0. The fourth-order valence-electron chi connectivity index (χ4n) is 3.60. The average Bonchev–Trinajstić information content (AvgIpc) is 2.69. The van der Waals surface area contributed by atoms with Crippen molar-refractivity contribution in [2.45, 2.75) is 49.9 Å². The molecule has 2 aliphatic rings. The molecule has 0 aliphatic carbocycles. The third kappa shape index (κ3) is 2.29. The van der Waals surface area contributed by atoms with Crippen LogP contribution in [0.15, 0.2) is 24.3 Å². The van der Waals surface area contributed by atoms with Gasteiger partial charge in [-0.2, -0.15) is 11.8 Å². The Bertz CT molecular complexity index is 473. The number of thioether (sulfide) groups is 1. The number of nitrogens with zero attached hydrogens (tertiary/aromatic N) is 1. The number of piperidine rings is 1. The Hall–Kier alpha value is -0.960. The number of amides is 1. The van der Waals surface area contributed by atoms with Gasteiger partial charge >= 0.3 is 0 Å². The van der Waals surface area contributed by atoms with E-state index in [1.54, 1.807) is 0 Å². The van der Waals surface area contributed by atoms with Gasteiger partial charge in [0, 0.05) is 22.9 Å². The van der Waals surface area contributed by atoms with Crippen molar-refractivity contribution in [2.24, 2.45) is 0 Å². The lowest BCUT2D eigenvalue weighted by atomic mass is 9.99. The smallest absolute Gasteiger partial charge is 0.254 e. The highest BCUT2D eigenvalue weighted by atomic mass is 32.2. The molecule has 102 valence electrons. The first-order chi connectivity index (χ1) is 9.20. The highest BCUT2D eigenvalue weighted by Crippen LogP contribution is 2.40. The van der Waals surface area contributed by atoms with Gasteiger partial charge in [0.25, 0.3) is 5.91 Å². The number of hydrogen-bond acceptors (Lipinski definition) is 2. The summed E-state index contributed by atoms with van der Waals surface area (Å²) in [4.78, 5) is 15.0. The van der Waals surface area contributed by atoms with E-state index in [1.165, 1.54) is 25.7 Å². The largest absolute Gasteiger partial charge is 0.333 e. The van der Waals surface area contributed by atoms with E-state index >= 15 is 0 Å². The number of rotatable bonds is 2. The fourth-order valence-corrected chi connectivity index (χ4v) is 4.43. The fraction of sp³-hybridized carbons (Fsp3) is 0.562. The molecule has 0 saturated carbocycles. The van der Waals surface area contributed by atoms with Crippen molar-refractivity contribution < 1.29 is 4.79 Å². The first kappa shape index (κ1) is 13.0. The number of fused-ring (bicyclic) bond motifs is 2. The SMILES string of the molecule is CSC1C[C@H]2CC[C@@H](C1)N2C(=O)c1ccccc1C. The topological polar surface area (TPSA) is 20.3 Å². The predicted molar refractivity (Wildman–Crippen MR) is 80.7 cm³/mol. The maximum Gasteiger partial charge on any atom is 0.254 e. The molecule has 2 bridgehead atoms. The Labute approximate surface area is 119 Å². The molecule has 3 rings (SSSR count). The molecule has 1 aromatic rings. The molecule has 3 atom stereocenters. The molecule has 2 nitrogen and oxygen atoms in total. The van der Waals surface area contributed by atoms with E-state index in [0.29, 0.717) is 12.1 Å². The average molecular weight is 275 g/mol. The molecule has 19 heavy (non-hydrogen) atoms. The summed E-state index contributed by atoms with van der Waals surface area (Å²) in [5, 5.41) is 0.749. The van der Waals surface area contributed by atoms with Gasteiger partial charge in [0.05, 0.1) is 0 Å². The van der Waals surface area contributed by atoms with Crippen molar-refractivity contribution in [1.82, 2.24) is 4.90 Å². The summed E-state index contributed by atoms with van der Waals surface area (Å²) in [5.74, 6) is 0.255. The summed E-state index contributed by atoms with van der Waals surface area (Å²) in [6, 6.07) is 8.92. The van der Waals surface area contributed by atoms with Gasteiger partial charge in [0.15, 0.2) is 0 Å². The minimum atomic E-state index is 0.255. The second-order valence-corrected chi connectivity index (χ2v) is 6.88. The Kier molecular flexibility index (Phi) is 3.57. The van der Waals surface area contributed by atoms with Crippen LogP contribution in [0.1, 0.15) is 41.6 Å². The van der Waals surface area contributed by atoms with E-state index in [2.05, 4.69) is 11.2 Å². The molecule has 0 spiro atoms. The van der Waals surface area contributed by atoms with Crippen LogP contribution >= 0.6 is 11.8 Å². The number of carbonyl (C=O) groups excluding carboxylic acids is 1. The molecular weight excluding hydrogens is 254 g/mol. The molecule has 0 radical (unpaired) electrons. The third-order valence-corrected chi connectivity index (χ3v) is 5.68. The summed E-state index contributed by atoms with van der Waals surface area (Å²) in [6.45, 7) is 2.03. The zero-order valence-electron chi connectivity index (χ0n) is 11.6. The molecular formula is C16H21NOS. The van der Waals surface area contributed by atoms with Crippen LogP contribution in [0.25, 0.3) is 0 Å². The quantitative estimate of drug-likeness (QED) is 0.823. The zero-order chi connectivity index (χ0) is 13.4. The minimum absolute atomic E-state index is 0.255. The Balaban J connectivity index is 1.84. The standard InChI is InChI=1S/C16H21NOS/c1-11-5-3-4-6-15(11)16(18)17-12-7-8-13(17)10-14(9-12)19-2/h3-6,12-14H,7-10H2,1-2H3/t12-,13+,14?. The van der Waals surface area contributed by atoms with Gasteiger partial charge in [0.2, 0.25) is 0 Å².